The molecule has 1 saturated carbocycles. The van der Waals surface area contributed by atoms with E-state index in [4.69, 9.17) is 0 Å². The molecule has 0 bridgehead atoms. The first-order chi connectivity index (χ1) is 9.75. The SMILES string of the molecule is Cc1ccc2c(C(=O)C3CCCCCCC3)c[nH]c2c1. The zero-order valence-corrected chi connectivity index (χ0v) is 12.2. The van der Waals surface area contributed by atoms with Crippen molar-refractivity contribution in [3.05, 3.63) is 35.5 Å². The van der Waals surface area contributed by atoms with Crippen LogP contribution in [0, 0.1) is 12.8 Å². The molecule has 2 aromatic rings. The summed E-state index contributed by atoms with van der Waals surface area (Å²) in [6.45, 7) is 2.08. The van der Waals surface area contributed by atoms with Crippen molar-refractivity contribution in [1.82, 2.24) is 4.98 Å². The molecule has 0 radical (unpaired) electrons. The molecular weight excluding hydrogens is 246 g/mol. The molecule has 1 aliphatic carbocycles. The van der Waals surface area contributed by atoms with Crippen molar-refractivity contribution in [2.45, 2.75) is 51.9 Å². The minimum absolute atomic E-state index is 0.232. The average Bonchev–Trinajstić information content (AvgIpc) is 2.80. The first-order valence-electron chi connectivity index (χ1n) is 7.87. The molecule has 106 valence electrons. The van der Waals surface area contributed by atoms with Crippen LogP contribution in [0.25, 0.3) is 10.9 Å². The molecule has 0 unspecified atom stereocenters. The van der Waals surface area contributed by atoms with Crippen molar-refractivity contribution in [2.75, 3.05) is 0 Å². The minimum atomic E-state index is 0.232. The van der Waals surface area contributed by atoms with Crippen LogP contribution in [0.3, 0.4) is 0 Å². The molecule has 1 aromatic heterocycles. The molecule has 0 aliphatic heterocycles. The Kier molecular flexibility index (Phi) is 3.90. The summed E-state index contributed by atoms with van der Waals surface area (Å²) in [5.74, 6) is 0.581. The highest BCUT2D eigenvalue weighted by Gasteiger charge is 2.22. The van der Waals surface area contributed by atoms with Crippen molar-refractivity contribution >= 4 is 16.7 Å². The number of rotatable bonds is 2. The van der Waals surface area contributed by atoms with Gasteiger partial charge < -0.3 is 4.98 Å². The van der Waals surface area contributed by atoms with E-state index >= 15 is 0 Å². The third-order valence-electron chi connectivity index (χ3n) is 4.58. The van der Waals surface area contributed by atoms with E-state index in [0.717, 1.165) is 29.3 Å². The van der Waals surface area contributed by atoms with E-state index in [2.05, 4.69) is 30.1 Å². The van der Waals surface area contributed by atoms with E-state index in [1.165, 1.54) is 37.7 Å². The summed E-state index contributed by atoms with van der Waals surface area (Å²) in [5.41, 5.74) is 3.20. The van der Waals surface area contributed by atoms with Gasteiger partial charge in [0.05, 0.1) is 0 Å². The van der Waals surface area contributed by atoms with E-state index < -0.39 is 0 Å². The zero-order chi connectivity index (χ0) is 13.9. The number of carbonyl (C=O) groups excluding carboxylic acids is 1. The van der Waals surface area contributed by atoms with Crippen LogP contribution in [0.5, 0.6) is 0 Å². The van der Waals surface area contributed by atoms with E-state index in [0.29, 0.717) is 5.78 Å². The predicted octanol–water partition coefficient (Wildman–Crippen LogP) is 5.02. The second-order valence-corrected chi connectivity index (χ2v) is 6.16. The number of hydrogen-bond donors (Lipinski definition) is 1. The first kappa shape index (κ1) is 13.4. The highest BCUT2D eigenvalue weighted by molar-refractivity contribution is 6.08. The Balaban J connectivity index is 1.87. The van der Waals surface area contributed by atoms with Crippen LogP contribution in [0.4, 0.5) is 0 Å². The number of aryl methyl sites for hydroxylation is 1. The third-order valence-corrected chi connectivity index (χ3v) is 4.58. The van der Waals surface area contributed by atoms with Crippen LogP contribution in [-0.4, -0.2) is 10.8 Å². The molecule has 0 atom stereocenters. The van der Waals surface area contributed by atoms with Gasteiger partial charge in [0.1, 0.15) is 0 Å². The molecule has 2 nitrogen and oxygen atoms in total. The smallest absolute Gasteiger partial charge is 0.168 e. The number of aromatic amines is 1. The summed E-state index contributed by atoms with van der Waals surface area (Å²) >= 11 is 0. The largest absolute Gasteiger partial charge is 0.360 e. The maximum absolute atomic E-state index is 12.8. The van der Waals surface area contributed by atoms with Gasteiger partial charge in [-0.25, -0.2) is 0 Å². The summed E-state index contributed by atoms with van der Waals surface area (Å²) in [4.78, 5) is 16.1. The van der Waals surface area contributed by atoms with Crippen molar-refractivity contribution in [3.63, 3.8) is 0 Å². The van der Waals surface area contributed by atoms with Crippen molar-refractivity contribution < 1.29 is 4.79 Å². The van der Waals surface area contributed by atoms with Gasteiger partial charge in [-0.15, -0.1) is 0 Å². The highest BCUT2D eigenvalue weighted by atomic mass is 16.1. The first-order valence-corrected chi connectivity index (χ1v) is 7.87. The second kappa shape index (κ2) is 5.82. The number of benzene rings is 1. The molecule has 1 aromatic carbocycles. The van der Waals surface area contributed by atoms with Gasteiger partial charge in [-0.1, -0.05) is 44.2 Å². The molecular formula is C18H23NO. The standard InChI is InChI=1S/C18H23NO/c1-13-9-10-15-16(12-19-17(15)11-13)18(20)14-7-5-3-2-4-6-8-14/h9-12,14,19H,2-8H2,1H3. The molecule has 2 heteroatoms. The predicted molar refractivity (Wildman–Crippen MR) is 83.2 cm³/mol. The lowest BCUT2D eigenvalue weighted by Gasteiger charge is -2.18. The fourth-order valence-electron chi connectivity index (χ4n) is 3.38. The number of fused-ring (bicyclic) bond motifs is 1. The molecule has 3 rings (SSSR count). The van der Waals surface area contributed by atoms with Gasteiger partial charge in [-0.3, -0.25) is 4.79 Å². The van der Waals surface area contributed by atoms with Gasteiger partial charge in [-0.2, -0.15) is 0 Å². The lowest BCUT2D eigenvalue weighted by molar-refractivity contribution is 0.0900. The highest BCUT2D eigenvalue weighted by Crippen LogP contribution is 2.28. The average molecular weight is 269 g/mol. The number of nitrogens with one attached hydrogen (secondary N) is 1. The quantitative estimate of drug-likeness (QED) is 0.763. The Morgan fingerprint density at radius 1 is 1.10 bits per heavy atom. The number of H-pyrrole nitrogens is 1. The maximum Gasteiger partial charge on any atom is 0.168 e. The summed E-state index contributed by atoms with van der Waals surface area (Å²) < 4.78 is 0. The summed E-state index contributed by atoms with van der Waals surface area (Å²) in [5, 5.41) is 1.09. The Hall–Kier alpha value is -1.57. The van der Waals surface area contributed by atoms with Crippen LogP contribution in [0.15, 0.2) is 24.4 Å². The van der Waals surface area contributed by atoms with Crippen LogP contribution >= 0.6 is 0 Å². The molecule has 0 amide bonds. The number of hydrogen-bond acceptors (Lipinski definition) is 1. The van der Waals surface area contributed by atoms with Gasteiger partial charge in [-0.05, 0) is 31.4 Å². The normalized spacial score (nSPS) is 17.9. The molecule has 1 aliphatic rings. The topological polar surface area (TPSA) is 32.9 Å². The number of carbonyl (C=O) groups is 1. The summed E-state index contributed by atoms with van der Waals surface area (Å²) in [7, 11) is 0. The summed E-state index contributed by atoms with van der Waals surface area (Å²) in [6, 6.07) is 6.28. The second-order valence-electron chi connectivity index (χ2n) is 6.16. The fourth-order valence-corrected chi connectivity index (χ4v) is 3.38. The molecule has 1 N–H and O–H groups in total. The van der Waals surface area contributed by atoms with E-state index in [-0.39, 0.29) is 5.92 Å². The Labute approximate surface area is 120 Å². The molecule has 0 spiro atoms. The Morgan fingerprint density at radius 2 is 1.80 bits per heavy atom. The lowest BCUT2D eigenvalue weighted by atomic mass is 9.85. The number of ketones is 1. The number of Topliss-reactive ketones (excluding diaryl/α,β-unsaturated/α-hetero) is 1. The fraction of sp³-hybridized carbons (Fsp3) is 0.500. The maximum atomic E-state index is 12.8. The summed E-state index contributed by atoms with van der Waals surface area (Å²) in [6.07, 6.45) is 10.4. The van der Waals surface area contributed by atoms with Crippen LogP contribution in [0.2, 0.25) is 0 Å². The van der Waals surface area contributed by atoms with Gasteiger partial charge in [0.25, 0.3) is 0 Å². The Morgan fingerprint density at radius 3 is 2.55 bits per heavy atom. The number of aromatic nitrogens is 1. The van der Waals surface area contributed by atoms with Gasteiger partial charge in [0.2, 0.25) is 0 Å². The lowest BCUT2D eigenvalue weighted by Crippen LogP contribution is -2.16. The molecule has 1 heterocycles. The van der Waals surface area contributed by atoms with Gasteiger partial charge in [0.15, 0.2) is 5.78 Å². The Bertz CT molecular complexity index is 603. The van der Waals surface area contributed by atoms with Gasteiger partial charge >= 0.3 is 0 Å². The van der Waals surface area contributed by atoms with E-state index in [1.54, 1.807) is 0 Å². The minimum Gasteiger partial charge on any atom is -0.360 e. The zero-order valence-electron chi connectivity index (χ0n) is 12.2. The van der Waals surface area contributed by atoms with E-state index in [9.17, 15) is 4.79 Å². The van der Waals surface area contributed by atoms with Crippen LogP contribution in [-0.2, 0) is 0 Å². The van der Waals surface area contributed by atoms with Crippen molar-refractivity contribution in [3.8, 4) is 0 Å². The van der Waals surface area contributed by atoms with E-state index in [1.807, 2.05) is 6.20 Å². The van der Waals surface area contributed by atoms with Crippen molar-refractivity contribution in [2.24, 2.45) is 5.92 Å². The van der Waals surface area contributed by atoms with Crippen molar-refractivity contribution in [1.29, 1.82) is 0 Å². The third kappa shape index (κ3) is 2.65. The molecule has 20 heavy (non-hydrogen) atoms. The monoisotopic (exact) mass is 269 g/mol. The van der Waals surface area contributed by atoms with Crippen LogP contribution < -0.4 is 0 Å². The molecule has 0 saturated heterocycles. The van der Waals surface area contributed by atoms with Gasteiger partial charge in [0, 0.05) is 28.6 Å². The molecule has 1 fully saturated rings. The van der Waals surface area contributed by atoms with Crippen LogP contribution in [0.1, 0.15) is 60.9 Å².